The molecule has 5 nitrogen and oxygen atoms in total. The number of rotatable bonds is 11. The van der Waals surface area contributed by atoms with Crippen LogP contribution in [0.1, 0.15) is 57.4 Å². The standard InChI is InChI=1S/C22H37N3O2/c1-5-23-21(25-17-22(12-6-13-22)14-16-26-3)24-15-11-18(2)19-7-9-20(27-4)10-8-19/h7-10,18H,5-6,11-17H2,1-4H3,(H2,23,24,25). The van der Waals surface area contributed by atoms with Crippen molar-refractivity contribution in [2.24, 2.45) is 10.4 Å². The molecule has 5 heteroatoms. The van der Waals surface area contributed by atoms with Gasteiger partial charge in [-0.3, -0.25) is 4.99 Å². The number of hydrogen-bond donors (Lipinski definition) is 2. The van der Waals surface area contributed by atoms with Crippen LogP contribution in [0.3, 0.4) is 0 Å². The second-order valence-electron chi connectivity index (χ2n) is 7.68. The number of nitrogens with one attached hydrogen (secondary N) is 2. The highest BCUT2D eigenvalue weighted by Gasteiger charge is 2.36. The van der Waals surface area contributed by atoms with Crippen LogP contribution in [-0.2, 0) is 4.74 Å². The molecule has 2 rings (SSSR count). The summed E-state index contributed by atoms with van der Waals surface area (Å²) in [6, 6.07) is 8.36. The highest BCUT2D eigenvalue weighted by atomic mass is 16.5. The molecule has 1 unspecified atom stereocenters. The van der Waals surface area contributed by atoms with Gasteiger partial charge >= 0.3 is 0 Å². The van der Waals surface area contributed by atoms with Gasteiger partial charge in [-0.25, -0.2) is 0 Å². The third kappa shape index (κ3) is 6.73. The zero-order chi connectivity index (χ0) is 19.5. The SMILES string of the molecule is CCNC(=NCC1(CCOC)CCC1)NCCC(C)c1ccc(OC)cc1. The van der Waals surface area contributed by atoms with Crippen LogP contribution in [0.5, 0.6) is 5.75 Å². The number of hydrogen-bond acceptors (Lipinski definition) is 3. The predicted octanol–water partition coefficient (Wildman–Crippen LogP) is 3.95. The summed E-state index contributed by atoms with van der Waals surface area (Å²) in [5.41, 5.74) is 1.70. The molecule has 1 saturated carbocycles. The summed E-state index contributed by atoms with van der Waals surface area (Å²) in [4.78, 5) is 4.88. The van der Waals surface area contributed by atoms with E-state index in [-0.39, 0.29) is 0 Å². The quantitative estimate of drug-likeness (QED) is 0.454. The van der Waals surface area contributed by atoms with Crippen LogP contribution in [0, 0.1) is 5.41 Å². The maximum atomic E-state index is 5.29. The molecule has 0 radical (unpaired) electrons. The minimum Gasteiger partial charge on any atom is -0.497 e. The van der Waals surface area contributed by atoms with Crippen molar-refractivity contribution in [3.8, 4) is 5.75 Å². The van der Waals surface area contributed by atoms with E-state index in [0.717, 1.165) is 50.8 Å². The van der Waals surface area contributed by atoms with Gasteiger partial charge in [0.1, 0.15) is 5.75 Å². The van der Waals surface area contributed by atoms with E-state index in [4.69, 9.17) is 14.5 Å². The second-order valence-corrected chi connectivity index (χ2v) is 7.68. The molecule has 0 bridgehead atoms. The highest BCUT2D eigenvalue weighted by Crippen LogP contribution is 2.44. The average Bonchev–Trinajstić information content (AvgIpc) is 2.66. The monoisotopic (exact) mass is 375 g/mol. The van der Waals surface area contributed by atoms with Crippen LogP contribution in [0.25, 0.3) is 0 Å². The molecule has 1 aromatic carbocycles. The van der Waals surface area contributed by atoms with E-state index < -0.39 is 0 Å². The van der Waals surface area contributed by atoms with Gasteiger partial charge in [-0.15, -0.1) is 0 Å². The lowest BCUT2D eigenvalue weighted by Gasteiger charge is -2.40. The van der Waals surface area contributed by atoms with Crippen molar-refractivity contribution in [2.75, 3.05) is 40.5 Å². The van der Waals surface area contributed by atoms with Gasteiger partial charge in [0.2, 0.25) is 0 Å². The molecule has 0 aliphatic heterocycles. The summed E-state index contributed by atoms with van der Waals surface area (Å²) in [7, 11) is 3.48. The lowest BCUT2D eigenvalue weighted by molar-refractivity contribution is 0.0778. The van der Waals surface area contributed by atoms with Gasteiger partial charge in [0.15, 0.2) is 5.96 Å². The van der Waals surface area contributed by atoms with Crippen molar-refractivity contribution in [1.29, 1.82) is 0 Å². The first kappa shape index (κ1) is 21.5. The van der Waals surface area contributed by atoms with Gasteiger partial charge in [-0.1, -0.05) is 25.5 Å². The largest absolute Gasteiger partial charge is 0.497 e. The minimum absolute atomic E-state index is 0.356. The smallest absolute Gasteiger partial charge is 0.191 e. The van der Waals surface area contributed by atoms with Crippen molar-refractivity contribution in [2.45, 2.75) is 51.9 Å². The van der Waals surface area contributed by atoms with Gasteiger partial charge in [0.25, 0.3) is 0 Å². The molecule has 1 atom stereocenters. The van der Waals surface area contributed by atoms with Gasteiger partial charge in [0.05, 0.1) is 7.11 Å². The Bertz CT molecular complexity index is 567. The van der Waals surface area contributed by atoms with E-state index in [0.29, 0.717) is 11.3 Å². The average molecular weight is 376 g/mol. The summed E-state index contributed by atoms with van der Waals surface area (Å²) in [6.07, 6.45) is 6.04. The van der Waals surface area contributed by atoms with Gasteiger partial charge < -0.3 is 20.1 Å². The Labute approximate surface area is 164 Å². The molecule has 2 N–H and O–H groups in total. The summed E-state index contributed by atoms with van der Waals surface area (Å²) in [5, 5.41) is 6.88. The first-order chi connectivity index (χ1) is 13.1. The topological polar surface area (TPSA) is 54.9 Å². The summed E-state index contributed by atoms with van der Waals surface area (Å²) >= 11 is 0. The van der Waals surface area contributed by atoms with E-state index in [9.17, 15) is 0 Å². The molecular weight excluding hydrogens is 338 g/mol. The number of guanidine groups is 1. The predicted molar refractivity (Wildman–Crippen MR) is 113 cm³/mol. The number of aliphatic imine (C=N–C) groups is 1. The first-order valence-electron chi connectivity index (χ1n) is 10.3. The lowest BCUT2D eigenvalue weighted by atomic mass is 9.67. The maximum absolute atomic E-state index is 5.29. The molecule has 0 spiro atoms. The Morgan fingerprint density at radius 1 is 1.19 bits per heavy atom. The van der Waals surface area contributed by atoms with Crippen LogP contribution in [0.2, 0.25) is 0 Å². The van der Waals surface area contributed by atoms with Crippen molar-refractivity contribution < 1.29 is 9.47 Å². The molecular formula is C22H37N3O2. The zero-order valence-electron chi connectivity index (χ0n) is 17.5. The second kappa shape index (κ2) is 11.2. The Balaban J connectivity index is 1.82. The molecule has 1 aliphatic carbocycles. The Morgan fingerprint density at radius 2 is 1.93 bits per heavy atom. The fourth-order valence-corrected chi connectivity index (χ4v) is 3.58. The summed E-state index contributed by atoms with van der Waals surface area (Å²) < 4.78 is 10.5. The number of nitrogens with zero attached hydrogens (tertiary/aromatic N) is 1. The van der Waals surface area contributed by atoms with Crippen LogP contribution in [0.4, 0.5) is 0 Å². The van der Waals surface area contributed by atoms with Crippen molar-refractivity contribution in [3.05, 3.63) is 29.8 Å². The third-order valence-electron chi connectivity index (χ3n) is 5.72. The van der Waals surface area contributed by atoms with Gasteiger partial charge in [0, 0.05) is 33.4 Å². The zero-order valence-corrected chi connectivity index (χ0v) is 17.5. The van der Waals surface area contributed by atoms with Gasteiger partial charge in [-0.05, 0) is 61.6 Å². The van der Waals surface area contributed by atoms with Crippen molar-refractivity contribution >= 4 is 5.96 Å². The Hall–Kier alpha value is -1.75. The van der Waals surface area contributed by atoms with Crippen LogP contribution in [-0.4, -0.2) is 46.4 Å². The number of benzene rings is 1. The molecule has 1 fully saturated rings. The molecule has 1 aliphatic rings. The molecule has 1 aromatic rings. The van der Waals surface area contributed by atoms with Gasteiger partial charge in [-0.2, -0.15) is 0 Å². The molecule has 0 amide bonds. The van der Waals surface area contributed by atoms with Crippen LogP contribution >= 0.6 is 0 Å². The van der Waals surface area contributed by atoms with Crippen molar-refractivity contribution in [1.82, 2.24) is 10.6 Å². The van der Waals surface area contributed by atoms with Crippen molar-refractivity contribution in [3.63, 3.8) is 0 Å². The fraction of sp³-hybridized carbons (Fsp3) is 0.682. The third-order valence-corrected chi connectivity index (χ3v) is 5.72. The van der Waals surface area contributed by atoms with E-state index >= 15 is 0 Å². The minimum atomic E-state index is 0.356. The Morgan fingerprint density at radius 3 is 2.48 bits per heavy atom. The molecule has 0 heterocycles. The molecule has 0 aromatic heterocycles. The van der Waals surface area contributed by atoms with E-state index in [1.54, 1.807) is 14.2 Å². The van der Waals surface area contributed by atoms with E-state index in [1.807, 2.05) is 12.1 Å². The lowest BCUT2D eigenvalue weighted by Crippen LogP contribution is -2.40. The van der Waals surface area contributed by atoms with E-state index in [2.05, 4.69) is 36.6 Å². The molecule has 152 valence electrons. The highest BCUT2D eigenvalue weighted by molar-refractivity contribution is 5.79. The first-order valence-corrected chi connectivity index (χ1v) is 10.3. The fourth-order valence-electron chi connectivity index (χ4n) is 3.58. The van der Waals surface area contributed by atoms with Crippen LogP contribution < -0.4 is 15.4 Å². The molecule has 27 heavy (non-hydrogen) atoms. The Kier molecular flexibility index (Phi) is 8.92. The van der Waals surface area contributed by atoms with E-state index in [1.165, 1.54) is 24.8 Å². The normalized spacial score (nSPS) is 17.1. The van der Waals surface area contributed by atoms with Crippen LogP contribution in [0.15, 0.2) is 29.3 Å². The number of methoxy groups -OCH3 is 2. The molecule has 0 saturated heterocycles. The summed E-state index contributed by atoms with van der Waals surface area (Å²) in [5.74, 6) is 2.33. The number of ether oxygens (including phenoxy) is 2. The maximum Gasteiger partial charge on any atom is 0.191 e. The summed E-state index contributed by atoms with van der Waals surface area (Å²) in [6.45, 7) is 7.89.